The molecule has 0 spiro atoms. The Labute approximate surface area is 271 Å². The van der Waals surface area contributed by atoms with Crippen LogP contribution in [0.2, 0.25) is 5.02 Å². The summed E-state index contributed by atoms with van der Waals surface area (Å²) >= 11 is 6.32. The maximum atomic E-state index is 14.5. The van der Waals surface area contributed by atoms with Crippen molar-refractivity contribution in [3.63, 3.8) is 0 Å². The molecular formula is C36H40ClN3O4S. The molecule has 236 valence electrons. The minimum Gasteiger partial charge on any atom is -0.352 e. The van der Waals surface area contributed by atoms with Gasteiger partial charge in [0.15, 0.2) is 0 Å². The van der Waals surface area contributed by atoms with Crippen LogP contribution in [-0.4, -0.2) is 43.8 Å². The topological polar surface area (TPSA) is 86.8 Å². The second-order valence-electron chi connectivity index (χ2n) is 11.3. The van der Waals surface area contributed by atoms with Crippen molar-refractivity contribution in [3.05, 3.63) is 130 Å². The number of halogens is 1. The van der Waals surface area contributed by atoms with Crippen molar-refractivity contribution in [1.29, 1.82) is 0 Å². The van der Waals surface area contributed by atoms with Gasteiger partial charge in [0.2, 0.25) is 11.8 Å². The molecule has 2 unspecified atom stereocenters. The van der Waals surface area contributed by atoms with Crippen LogP contribution in [0.1, 0.15) is 42.5 Å². The Morgan fingerprint density at radius 1 is 0.822 bits per heavy atom. The first-order valence-corrected chi connectivity index (χ1v) is 16.8. The van der Waals surface area contributed by atoms with E-state index < -0.39 is 28.5 Å². The fraction of sp³-hybridized carbons (Fsp3) is 0.278. The van der Waals surface area contributed by atoms with Crippen LogP contribution >= 0.6 is 11.6 Å². The zero-order chi connectivity index (χ0) is 32.6. The highest BCUT2D eigenvalue weighted by Gasteiger charge is 2.35. The molecule has 0 aliphatic carbocycles. The van der Waals surface area contributed by atoms with Crippen LogP contribution in [-0.2, 0) is 32.6 Å². The predicted octanol–water partition coefficient (Wildman–Crippen LogP) is 6.71. The number of hydrogen-bond acceptors (Lipinski definition) is 4. The van der Waals surface area contributed by atoms with E-state index in [0.29, 0.717) is 22.7 Å². The monoisotopic (exact) mass is 645 g/mol. The second kappa shape index (κ2) is 15.2. The first-order valence-electron chi connectivity index (χ1n) is 15.0. The van der Waals surface area contributed by atoms with Gasteiger partial charge in [-0.3, -0.25) is 13.9 Å². The number of carbonyl (C=O) groups excluding carboxylic acids is 2. The third-order valence-electron chi connectivity index (χ3n) is 7.90. The van der Waals surface area contributed by atoms with Crippen molar-refractivity contribution >= 4 is 39.1 Å². The van der Waals surface area contributed by atoms with Crippen molar-refractivity contribution in [2.45, 2.75) is 64.1 Å². The summed E-state index contributed by atoms with van der Waals surface area (Å²) in [6.07, 6.45) is 0.951. The molecule has 0 saturated heterocycles. The van der Waals surface area contributed by atoms with E-state index in [0.717, 1.165) is 21.0 Å². The molecule has 1 N–H and O–H groups in total. The molecule has 0 aliphatic heterocycles. The normalized spacial score (nSPS) is 12.6. The lowest BCUT2D eigenvalue weighted by atomic mass is 10.0. The molecule has 0 aromatic heterocycles. The van der Waals surface area contributed by atoms with E-state index in [1.807, 2.05) is 70.2 Å². The molecule has 0 bridgehead atoms. The van der Waals surface area contributed by atoms with Crippen LogP contribution in [0.4, 0.5) is 5.69 Å². The average molecular weight is 646 g/mol. The Balaban J connectivity index is 1.82. The van der Waals surface area contributed by atoms with Gasteiger partial charge in [0.05, 0.1) is 10.6 Å². The van der Waals surface area contributed by atoms with Crippen molar-refractivity contribution < 1.29 is 18.0 Å². The van der Waals surface area contributed by atoms with Gasteiger partial charge in [0, 0.05) is 24.0 Å². The number of rotatable bonds is 13. The summed E-state index contributed by atoms with van der Waals surface area (Å²) in [6, 6.07) is 28.9. The molecular weight excluding hydrogens is 606 g/mol. The molecule has 4 aromatic rings. The Morgan fingerprint density at radius 3 is 2.09 bits per heavy atom. The molecule has 9 heteroatoms. The highest BCUT2D eigenvalue weighted by molar-refractivity contribution is 7.92. The lowest BCUT2D eigenvalue weighted by Crippen LogP contribution is -2.54. The number of carbonyl (C=O) groups is 2. The first kappa shape index (κ1) is 33.7. The maximum Gasteiger partial charge on any atom is 0.264 e. The number of anilines is 1. The summed E-state index contributed by atoms with van der Waals surface area (Å²) in [6.45, 7) is 7.27. The maximum absolute atomic E-state index is 14.5. The van der Waals surface area contributed by atoms with Gasteiger partial charge >= 0.3 is 0 Å². The molecule has 0 radical (unpaired) electrons. The van der Waals surface area contributed by atoms with Gasteiger partial charge in [-0.1, -0.05) is 85.3 Å². The Morgan fingerprint density at radius 2 is 1.47 bits per heavy atom. The lowest BCUT2D eigenvalue weighted by molar-refractivity contribution is -0.140. The number of aryl methyl sites for hydroxylation is 2. The van der Waals surface area contributed by atoms with Gasteiger partial charge in [0.25, 0.3) is 10.0 Å². The van der Waals surface area contributed by atoms with E-state index in [4.69, 9.17) is 11.6 Å². The van der Waals surface area contributed by atoms with Gasteiger partial charge < -0.3 is 10.2 Å². The average Bonchev–Trinajstić information content (AvgIpc) is 3.03. The zero-order valence-electron chi connectivity index (χ0n) is 26.1. The summed E-state index contributed by atoms with van der Waals surface area (Å²) in [7, 11) is -4.16. The Kier molecular flexibility index (Phi) is 11.4. The second-order valence-corrected chi connectivity index (χ2v) is 13.6. The Bertz CT molecular complexity index is 1720. The zero-order valence-corrected chi connectivity index (χ0v) is 27.7. The lowest BCUT2D eigenvalue weighted by Gasteiger charge is -2.34. The standard InChI is InChI=1S/C36H40ClN3O4S/c1-5-28(4)38-36(42)34(23-29-13-8-6-9-14-29)39(24-30-15-12-16-31(37)22-30)35(41)25-40(32-20-19-26(2)27(3)21-32)45(43,44)33-17-10-7-11-18-33/h6-22,28,34H,5,23-25H2,1-4H3,(H,38,42). The number of benzene rings is 4. The molecule has 45 heavy (non-hydrogen) atoms. The summed E-state index contributed by atoms with van der Waals surface area (Å²) in [5.74, 6) is -0.833. The molecule has 0 fully saturated rings. The molecule has 0 aliphatic rings. The van der Waals surface area contributed by atoms with Crippen molar-refractivity contribution in [1.82, 2.24) is 10.2 Å². The SMILES string of the molecule is CCC(C)NC(=O)C(Cc1ccccc1)N(Cc1cccc(Cl)c1)C(=O)CN(c1ccc(C)c(C)c1)S(=O)(=O)c1ccccc1. The van der Waals surface area contributed by atoms with Crippen molar-refractivity contribution in [2.75, 3.05) is 10.8 Å². The number of hydrogen-bond donors (Lipinski definition) is 1. The first-order chi connectivity index (χ1) is 21.5. The molecule has 2 atom stereocenters. The summed E-state index contributed by atoms with van der Waals surface area (Å²) < 4.78 is 29.4. The molecule has 2 amide bonds. The third kappa shape index (κ3) is 8.74. The smallest absolute Gasteiger partial charge is 0.264 e. The minimum atomic E-state index is -4.16. The van der Waals surface area contributed by atoms with Crippen LogP contribution in [0.25, 0.3) is 0 Å². The van der Waals surface area contributed by atoms with Crippen LogP contribution in [0, 0.1) is 13.8 Å². The summed E-state index contributed by atoms with van der Waals surface area (Å²) in [4.78, 5) is 30.0. The van der Waals surface area contributed by atoms with E-state index >= 15 is 0 Å². The van der Waals surface area contributed by atoms with E-state index in [9.17, 15) is 18.0 Å². The van der Waals surface area contributed by atoms with Crippen LogP contribution in [0.15, 0.2) is 108 Å². The molecule has 7 nitrogen and oxygen atoms in total. The van der Waals surface area contributed by atoms with E-state index in [2.05, 4.69) is 5.32 Å². The van der Waals surface area contributed by atoms with Crippen molar-refractivity contribution in [3.8, 4) is 0 Å². The van der Waals surface area contributed by atoms with E-state index in [1.54, 1.807) is 48.5 Å². The van der Waals surface area contributed by atoms with Crippen molar-refractivity contribution in [2.24, 2.45) is 0 Å². The van der Waals surface area contributed by atoms with Gasteiger partial charge in [-0.05, 0) is 85.8 Å². The fourth-order valence-electron chi connectivity index (χ4n) is 4.96. The summed E-state index contributed by atoms with van der Waals surface area (Å²) in [5.41, 5.74) is 3.83. The minimum absolute atomic E-state index is 0.0525. The summed E-state index contributed by atoms with van der Waals surface area (Å²) in [5, 5.41) is 3.54. The number of nitrogens with zero attached hydrogens (tertiary/aromatic N) is 2. The van der Waals surface area contributed by atoms with Crippen LogP contribution in [0.5, 0.6) is 0 Å². The van der Waals surface area contributed by atoms with Gasteiger partial charge in [-0.25, -0.2) is 8.42 Å². The van der Waals surface area contributed by atoms with Crippen LogP contribution in [0.3, 0.4) is 0 Å². The number of amides is 2. The number of sulfonamides is 1. The van der Waals surface area contributed by atoms with E-state index in [1.165, 1.54) is 17.0 Å². The Hall–Kier alpha value is -4.14. The van der Waals surface area contributed by atoms with Gasteiger partial charge in [0.1, 0.15) is 12.6 Å². The predicted molar refractivity (Wildman–Crippen MR) is 181 cm³/mol. The van der Waals surface area contributed by atoms with Crippen LogP contribution < -0.4 is 9.62 Å². The molecule has 0 heterocycles. The van der Waals surface area contributed by atoms with Gasteiger partial charge in [-0.15, -0.1) is 0 Å². The molecule has 4 aromatic carbocycles. The highest BCUT2D eigenvalue weighted by Crippen LogP contribution is 2.27. The van der Waals surface area contributed by atoms with Gasteiger partial charge in [-0.2, -0.15) is 0 Å². The molecule has 0 saturated carbocycles. The fourth-order valence-corrected chi connectivity index (χ4v) is 6.60. The largest absolute Gasteiger partial charge is 0.352 e. The molecule has 4 rings (SSSR count). The highest BCUT2D eigenvalue weighted by atomic mass is 35.5. The van der Waals surface area contributed by atoms with E-state index in [-0.39, 0.29) is 29.8 Å². The number of nitrogens with one attached hydrogen (secondary N) is 1. The third-order valence-corrected chi connectivity index (χ3v) is 9.93. The quantitative estimate of drug-likeness (QED) is 0.175.